The molecule has 1 heterocycles. The van der Waals surface area contributed by atoms with Gasteiger partial charge in [0.15, 0.2) is 0 Å². The van der Waals surface area contributed by atoms with Crippen molar-refractivity contribution >= 4 is 5.91 Å². The van der Waals surface area contributed by atoms with Crippen molar-refractivity contribution in [3.05, 3.63) is 53.6 Å². The number of nitrogens with one attached hydrogen (secondary N) is 1. The molecule has 168 valence electrons. The molecule has 6 nitrogen and oxygen atoms in total. The highest BCUT2D eigenvalue weighted by molar-refractivity contribution is 5.78. The van der Waals surface area contributed by atoms with Crippen molar-refractivity contribution in [3.8, 4) is 17.2 Å². The Morgan fingerprint density at radius 1 is 1.13 bits per heavy atom. The van der Waals surface area contributed by atoms with E-state index in [9.17, 15) is 13.6 Å². The first-order valence-corrected chi connectivity index (χ1v) is 10.3. The first-order chi connectivity index (χ1) is 15.0. The number of benzene rings is 2. The monoisotopic (exact) mass is 434 g/mol. The highest BCUT2D eigenvalue weighted by Crippen LogP contribution is 2.38. The summed E-state index contributed by atoms with van der Waals surface area (Å²) in [5.74, 6) is 1.62. The number of ether oxygens (including phenoxy) is 3. The molecule has 0 spiro atoms. The van der Waals surface area contributed by atoms with Gasteiger partial charge >= 0.3 is 6.61 Å². The Morgan fingerprint density at radius 2 is 1.87 bits per heavy atom. The van der Waals surface area contributed by atoms with Crippen LogP contribution in [0.25, 0.3) is 0 Å². The van der Waals surface area contributed by atoms with Crippen LogP contribution in [0.5, 0.6) is 17.2 Å². The Balaban J connectivity index is 1.52. The topological polar surface area (TPSA) is 60.0 Å². The van der Waals surface area contributed by atoms with E-state index in [0.29, 0.717) is 19.5 Å². The minimum Gasteiger partial charge on any atom is -0.497 e. The van der Waals surface area contributed by atoms with Crippen LogP contribution >= 0.6 is 0 Å². The summed E-state index contributed by atoms with van der Waals surface area (Å²) >= 11 is 0. The predicted octanol–water partition coefficient (Wildman–Crippen LogP) is 3.80. The molecule has 1 amide bonds. The third-order valence-electron chi connectivity index (χ3n) is 5.39. The molecule has 1 aliphatic rings. The largest absolute Gasteiger partial charge is 0.497 e. The van der Waals surface area contributed by atoms with Crippen LogP contribution in [0.4, 0.5) is 8.78 Å². The minimum absolute atomic E-state index is 0.0496. The summed E-state index contributed by atoms with van der Waals surface area (Å²) in [6.45, 7) is -1.23. The van der Waals surface area contributed by atoms with Crippen molar-refractivity contribution < 1.29 is 27.8 Å². The molecular weight excluding hydrogens is 406 g/mol. The maximum absolute atomic E-state index is 12.5. The summed E-state index contributed by atoms with van der Waals surface area (Å²) in [4.78, 5) is 14.7. The number of methoxy groups -OCH3 is 2. The van der Waals surface area contributed by atoms with Crippen LogP contribution in [0.2, 0.25) is 0 Å². The number of carbonyl (C=O) groups excluding carboxylic acids is 1. The van der Waals surface area contributed by atoms with Crippen molar-refractivity contribution in [2.45, 2.75) is 31.9 Å². The van der Waals surface area contributed by atoms with Crippen molar-refractivity contribution in [1.82, 2.24) is 10.2 Å². The van der Waals surface area contributed by atoms with Gasteiger partial charge < -0.3 is 19.5 Å². The number of hydrogen-bond donors (Lipinski definition) is 1. The van der Waals surface area contributed by atoms with E-state index in [4.69, 9.17) is 9.47 Å². The molecule has 8 heteroatoms. The Kier molecular flexibility index (Phi) is 8.06. The van der Waals surface area contributed by atoms with E-state index in [-0.39, 0.29) is 17.7 Å². The number of likely N-dealkylation sites (tertiary alicyclic amines) is 1. The second-order valence-electron chi connectivity index (χ2n) is 7.36. The van der Waals surface area contributed by atoms with Crippen LogP contribution in [-0.4, -0.2) is 51.3 Å². The summed E-state index contributed by atoms with van der Waals surface area (Å²) < 4.78 is 39.6. The maximum Gasteiger partial charge on any atom is 0.387 e. The highest BCUT2D eigenvalue weighted by Gasteiger charge is 2.30. The molecule has 1 fully saturated rings. The van der Waals surface area contributed by atoms with Crippen LogP contribution in [0.15, 0.2) is 42.5 Å². The molecule has 3 rings (SSSR count). The molecule has 1 saturated heterocycles. The normalized spacial score (nSPS) is 16.4. The van der Waals surface area contributed by atoms with Gasteiger partial charge in [-0.15, -0.1) is 0 Å². The third kappa shape index (κ3) is 6.30. The fourth-order valence-corrected chi connectivity index (χ4v) is 3.89. The summed E-state index contributed by atoms with van der Waals surface area (Å²) in [5.41, 5.74) is 1.96. The average molecular weight is 434 g/mol. The van der Waals surface area contributed by atoms with Crippen LogP contribution in [0, 0.1) is 0 Å². The highest BCUT2D eigenvalue weighted by atomic mass is 19.3. The van der Waals surface area contributed by atoms with Gasteiger partial charge in [-0.1, -0.05) is 12.1 Å². The predicted molar refractivity (Wildman–Crippen MR) is 113 cm³/mol. The molecular formula is C23H28F2N2O4. The fraction of sp³-hybridized carbons (Fsp3) is 0.435. The lowest BCUT2D eigenvalue weighted by Crippen LogP contribution is -2.37. The molecule has 1 atom stereocenters. The minimum atomic E-state index is -2.84. The van der Waals surface area contributed by atoms with Gasteiger partial charge in [-0.25, -0.2) is 0 Å². The SMILES string of the molecule is COc1ccc(OC)c(C2CCCN2CC(=O)NCCc2ccc(OC(F)F)cc2)c1. The van der Waals surface area contributed by atoms with E-state index in [0.717, 1.165) is 42.0 Å². The first-order valence-electron chi connectivity index (χ1n) is 10.3. The average Bonchev–Trinajstić information content (AvgIpc) is 3.22. The Labute approximate surface area is 181 Å². The quantitative estimate of drug-likeness (QED) is 0.617. The van der Waals surface area contributed by atoms with Gasteiger partial charge in [0.2, 0.25) is 5.91 Å². The number of carbonyl (C=O) groups is 1. The van der Waals surface area contributed by atoms with Gasteiger partial charge in [0, 0.05) is 18.2 Å². The molecule has 2 aromatic rings. The van der Waals surface area contributed by atoms with Gasteiger partial charge in [-0.3, -0.25) is 9.69 Å². The standard InChI is InChI=1S/C23H28F2N2O4/c1-29-18-9-10-21(30-2)19(14-18)20-4-3-13-27(20)15-22(28)26-12-11-16-5-7-17(8-6-16)31-23(24)25/h5-10,14,20,23H,3-4,11-13,15H2,1-2H3,(H,26,28). The lowest BCUT2D eigenvalue weighted by atomic mass is 10.0. The van der Waals surface area contributed by atoms with E-state index in [1.54, 1.807) is 26.4 Å². The summed E-state index contributed by atoms with van der Waals surface area (Å²) in [6.07, 6.45) is 2.56. The van der Waals surface area contributed by atoms with Crippen LogP contribution in [0.1, 0.15) is 30.0 Å². The molecule has 1 unspecified atom stereocenters. The van der Waals surface area contributed by atoms with Crippen molar-refractivity contribution in [2.24, 2.45) is 0 Å². The zero-order valence-corrected chi connectivity index (χ0v) is 17.8. The smallest absolute Gasteiger partial charge is 0.387 e. The Bertz CT molecular complexity index is 861. The summed E-state index contributed by atoms with van der Waals surface area (Å²) in [7, 11) is 3.27. The Morgan fingerprint density at radius 3 is 2.55 bits per heavy atom. The number of hydrogen-bond acceptors (Lipinski definition) is 5. The number of rotatable bonds is 10. The number of halogens is 2. The molecule has 0 radical (unpaired) electrons. The molecule has 1 aliphatic heterocycles. The lowest BCUT2D eigenvalue weighted by molar-refractivity contribution is -0.122. The van der Waals surface area contributed by atoms with Gasteiger partial charge in [0.25, 0.3) is 0 Å². The fourth-order valence-electron chi connectivity index (χ4n) is 3.89. The van der Waals surface area contributed by atoms with Crippen molar-refractivity contribution in [1.29, 1.82) is 0 Å². The third-order valence-corrected chi connectivity index (χ3v) is 5.39. The van der Waals surface area contributed by atoms with Gasteiger partial charge in [-0.05, 0) is 61.7 Å². The van der Waals surface area contributed by atoms with Gasteiger partial charge in [-0.2, -0.15) is 8.78 Å². The van der Waals surface area contributed by atoms with E-state index < -0.39 is 6.61 Å². The molecule has 0 saturated carbocycles. The van der Waals surface area contributed by atoms with Gasteiger partial charge in [0.05, 0.1) is 20.8 Å². The van der Waals surface area contributed by atoms with Crippen molar-refractivity contribution in [3.63, 3.8) is 0 Å². The van der Waals surface area contributed by atoms with Crippen LogP contribution in [-0.2, 0) is 11.2 Å². The van der Waals surface area contributed by atoms with E-state index in [1.165, 1.54) is 12.1 Å². The summed E-state index contributed by atoms with van der Waals surface area (Å²) in [5, 5.41) is 2.94. The molecule has 0 aromatic heterocycles. The number of amides is 1. The van der Waals surface area contributed by atoms with Crippen LogP contribution in [0.3, 0.4) is 0 Å². The molecule has 1 N–H and O–H groups in total. The maximum atomic E-state index is 12.5. The van der Waals surface area contributed by atoms with E-state index in [1.807, 2.05) is 18.2 Å². The molecule has 0 aliphatic carbocycles. The summed E-state index contributed by atoms with van der Waals surface area (Å²) in [6, 6.07) is 12.3. The zero-order chi connectivity index (χ0) is 22.2. The molecule has 31 heavy (non-hydrogen) atoms. The first kappa shape index (κ1) is 22.8. The number of nitrogens with zero attached hydrogens (tertiary/aromatic N) is 1. The second-order valence-corrected chi connectivity index (χ2v) is 7.36. The van der Waals surface area contributed by atoms with Crippen molar-refractivity contribution in [2.75, 3.05) is 33.9 Å². The lowest BCUT2D eigenvalue weighted by Gasteiger charge is -2.26. The van der Waals surface area contributed by atoms with Gasteiger partial charge in [0.1, 0.15) is 17.2 Å². The molecule has 0 bridgehead atoms. The number of alkyl halides is 2. The van der Waals surface area contributed by atoms with E-state index in [2.05, 4.69) is 15.0 Å². The Hall–Kier alpha value is -2.87. The zero-order valence-electron chi connectivity index (χ0n) is 17.8. The van der Waals surface area contributed by atoms with E-state index >= 15 is 0 Å². The molecule has 2 aromatic carbocycles. The van der Waals surface area contributed by atoms with Crippen LogP contribution < -0.4 is 19.5 Å². The second kappa shape index (κ2) is 10.9.